The van der Waals surface area contributed by atoms with Crippen LogP contribution in [0.15, 0.2) is 93.1 Å². The Kier molecular flexibility index (Phi) is 6.52. The molecule has 0 aliphatic carbocycles. The maximum Gasteiger partial charge on any atom is 0.337 e. The van der Waals surface area contributed by atoms with Crippen LogP contribution in [0.2, 0.25) is 0 Å². The van der Waals surface area contributed by atoms with Gasteiger partial charge in [0.25, 0.3) is 10.0 Å². The van der Waals surface area contributed by atoms with E-state index in [-0.39, 0.29) is 16.1 Å². The minimum Gasteiger partial charge on any atom is -0.478 e. The van der Waals surface area contributed by atoms with Crippen molar-refractivity contribution < 1.29 is 22.7 Å². The summed E-state index contributed by atoms with van der Waals surface area (Å²) in [6.07, 6.45) is 0. The highest BCUT2D eigenvalue weighted by molar-refractivity contribution is 7.98. The molecule has 3 aromatic carbocycles. The Morgan fingerprint density at radius 1 is 1.00 bits per heavy atom. The number of rotatable bonds is 8. The Hall–Kier alpha value is -3.56. The summed E-state index contributed by atoms with van der Waals surface area (Å²) in [6, 6.07) is 21.9. The Bertz CT molecular complexity index is 1380. The third-order valence-electron chi connectivity index (χ3n) is 4.82. The molecule has 0 spiro atoms. The molecule has 0 amide bonds. The fourth-order valence-electron chi connectivity index (χ4n) is 3.10. The number of benzene rings is 3. The van der Waals surface area contributed by atoms with Gasteiger partial charge in [0.15, 0.2) is 0 Å². The molecule has 4 aromatic rings. The lowest BCUT2D eigenvalue weighted by Gasteiger charge is -2.11. The van der Waals surface area contributed by atoms with Gasteiger partial charge in [-0.2, -0.15) is 0 Å². The number of aromatic nitrogens is 1. The van der Waals surface area contributed by atoms with Gasteiger partial charge in [-0.05, 0) is 55.5 Å². The van der Waals surface area contributed by atoms with Gasteiger partial charge in [-0.1, -0.05) is 30.3 Å². The van der Waals surface area contributed by atoms with Crippen molar-refractivity contribution in [3.63, 3.8) is 0 Å². The molecule has 2 N–H and O–H groups in total. The Morgan fingerprint density at radius 2 is 1.67 bits per heavy atom. The van der Waals surface area contributed by atoms with Gasteiger partial charge >= 0.3 is 5.97 Å². The first-order chi connectivity index (χ1) is 15.8. The molecule has 7 nitrogen and oxygen atoms in total. The molecule has 0 saturated heterocycles. The van der Waals surface area contributed by atoms with Gasteiger partial charge < -0.3 is 9.52 Å². The lowest BCUT2D eigenvalue weighted by Crippen LogP contribution is -2.15. The van der Waals surface area contributed by atoms with Gasteiger partial charge in [0, 0.05) is 16.2 Å². The Morgan fingerprint density at radius 3 is 2.36 bits per heavy atom. The number of hydrogen-bond donors (Lipinski definition) is 2. The van der Waals surface area contributed by atoms with Crippen molar-refractivity contribution in [2.24, 2.45) is 0 Å². The average molecular weight is 481 g/mol. The number of aromatic carboxylic acids is 1. The van der Waals surface area contributed by atoms with Gasteiger partial charge in [-0.15, -0.1) is 11.8 Å². The standard InChI is InChI=1S/C24H20N2O5S2/c1-16-22(25-23(31-16)17-7-3-2-4-8-17)15-32-18-11-13-19(14-12-18)33(29,30)26-21-10-6-5-9-20(21)24(27)28/h2-14,26H,15H2,1H3,(H,27,28). The fraction of sp³-hybridized carbons (Fsp3) is 0.0833. The van der Waals surface area contributed by atoms with Crippen LogP contribution in [0.25, 0.3) is 11.5 Å². The number of carboxylic acid groups (broad SMARTS) is 1. The van der Waals surface area contributed by atoms with Crippen molar-refractivity contribution in [3.8, 4) is 11.5 Å². The number of sulfonamides is 1. The first-order valence-corrected chi connectivity index (χ1v) is 12.4. The zero-order valence-electron chi connectivity index (χ0n) is 17.6. The highest BCUT2D eigenvalue weighted by atomic mass is 32.2. The van der Waals surface area contributed by atoms with Crippen LogP contribution in [0.1, 0.15) is 21.8 Å². The fourth-order valence-corrected chi connectivity index (χ4v) is 5.07. The number of nitrogens with one attached hydrogen (secondary N) is 1. The van der Waals surface area contributed by atoms with Crippen molar-refractivity contribution in [1.29, 1.82) is 0 Å². The third kappa shape index (κ3) is 5.27. The zero-order valence-corrected chi connectivity index (χ0v) is 19.2. The van der Waals surface area contributed by atoms with Crippen LogP contribution in [0.5, 0.6) is 0 Å². The molecule has 0 radical (unpaired) electrons. The van der Waals surface area contributed by atoms with Gasteiger partial charge in [-0.25, -0.2) is 18.2 Å². The van der Waals surface area contributed by atoms with Crippen molar-refractivity contribution in [1.82, 2.24) is 4.98 Å². The monoisotopic (exact) mass is 480 g/mol. The van der Waals surface area contributed by atoms with Crippen LogP contribution in [-0.2, 0) is 15.8 Å². The molecule has 9 heteroatoms. The van der Waals surface area contributed by atoms with E-state index in [9.17, 15) is 18.3 Å². The van der Waals surface area contributed by atoms with Gasteiger partial charge in [-0.3, -0.25) is 4.72 Å². The summed E-state index contributed by atoms with van der Waals surface area (Å²) in [5.41, 5.74) is 1.62. The molecule has 33 heavy (non-hydrogen) atoms. The SMILES string of the molecule is Cc1oc(-c2ccccc2)nc1CSc1ccc(S(=O)(=O)Nc2ccccc2C(=O)O)cc1. The molecule has 0 bridgehead atoms. The predicted molar refractivity (Wildman–Crippen MR) is 127 cm³/mol. The van der Waals surface area contributed by atoms with E-state index in [1.165, 1.54) is 42.1 Å². The number of carboxylic acids is 1. The van der Waals surface area contributed by atoms with E-state index in [2.05, 4.69) is 9.71 Å². The molecular weight excluding hydrogens is 460 g/mol. The van der Waals surface area contributed by atoms with Crippen molar-refractivity contribution in [2.45, 2.75) is 22.5 Å². The quantitative estimate of drug-likeness (QED) is 0.323. The van der Waals surface area contributed by atoms with Crippen molar-refractivity contribution in [3.05, 3.63) is 95.9 Å². The summed E-state index contributed by atoms with van der Waals surface area (Å²) in [4.78, 5) is 16.8. The van der Waals surface area contributed by atoms with Gasteiger partial charge in [0.1, 0.15) is 5.76 Å². The highest BCUT2D eigenvalue weighted by Crippen LogP contribution is 2.29. The lowest BCUT2D eigenvalue weighted by atomic mass is 10.2. The second kappa shape index (κ2) is 9.51. The van der Waals surface area contributed by atoms with E-state index in [0.717, 1.165) is 21.9 Å². The number of anilines is 1. The Labute approximate surface area is 195 Å². The largest absolute Gasteiger partial charge is 0.478 e. The van der Waals surface area contributed by atoms with Crippen molar-refractivity contribution in [2.75, 3.05) is 4.72 Å². The molecule has 0 fully saturated rings. The number of para-hydroxylation sites is 1. The molecule has 4 rings (SSSR count). The maximum absolute atomic E-state index is 12.7. The molecule has 1 heterocycles. The van der Waals surface area contributed by atoms with Crippen LogP contribution < -0.4 is 4.72 Å². The van der Waals surface area contributed by atoms with Crippen LogP contribution in [0.4, 0.5) is 5.69 Å². The lowest BCUT2D eigenvalue weighted by molar-refractivity contribution is 0.0698. The molecular formula is C24H20N2O5S2. The summed E-state index contributed by atoms with van der Waals surface area (Å²) >= 11 is 1.51. The number of hydrogen-bond acceptors (Lipinski definition) is 6. The normalized spacial score (nSPS) is 11.3. The number of carbonyl (C=O) groups is 1. The van der Waals surface area contributed by atoms with E-state index in [4.69, 9.17) is 4.42 Å². The van der Waals surface area contributed by atoms with E-state index >= 15 is 0 Å². The molecule has 0 atom stereocenters. The third-order valence-corrected chi connectivity index (χ3v) is 7.23. The topological polar surface area (TPSA) is 110 Å². The summed E-state index contributed by atoms with van der Waals surface area (Å²) in [5, 5.41) is 9.26. The summed E-state index contributed by atoms with van der Waals surface area (Å²) in [5.74, 6) is 0.664. The Balaban J connectivity index is 1.45. The number of nitrogens with zero attached hydrogens (tertiary/aromatic N) is 1. The second-order valence-electron chi connectivity index (χ2n) is 7.10. The minimum absolute atomic E-state index is 0.0131. The van der Waals surface area contributed by atoms with Crippen LogP contribution in [-0.4, -0.2) is 24.5 Å². The first-order valence-electron chi connectivity index (χ1n) is 9.93. The number of thioether (sulfide) groups is 1. The summed E-state index contributed by atoms with van der Waals surface area (Å²) < 4.78 is 33.6. The van der Waals surface area contributed by atoms with Crippen molar-refractivity contribution >= 4 is 33.4 Å². The second-order valence-corrected chi connectivity index (χ2v) is 9.84. The smallest absolute Gasteiger partial charge is 0.337 e. The van der Waals surface area contributed by atoms with E-state index in [0.29, 0.717) is 11.6 Å². The molecule has 0 aliphatic heterocycles. The van der Waals surface area contributed by atoms with Crippen LogP contribution in [0.3, 0.4) is 0 Å². The molecule has 1 aromatic heterocycles. The molecule has 0 saturated carbocycles. The maximum atomic E-state index is 12.7. The van der Waals surface area contributed by atoms with Gasteiger partial charge in [0.05, 0.1) is 21.8 Å². The van der Waals surface area contributed by atoms with Crippen LogP contribution in [0, 0.1) is 6.92 Å². The first kappa shape index (κ1) is 22.6. The van der Waals surface area contributed by atoms with E-state index in [1.54, 1.807) is 18.2 Å². The van der Waals surface area contributed by atoms with E-state index in [1.807, 2.05) is 37.3 Å². The van der Waals surface area contributed by atoms with Gasteiger partial charge in [0.2, 0.25) is 5.89 Å². The highest BCUT2D eigenvalue weighted by Gasteiger charge is 2.18. The zero-order chi connectivity index (χ0) is 23.4. The summed E-state index contributed by atoms with van der Waals surface area (Å²) in [7, 11) is -3.94. The number of oxazole rings is 1. The number of aryl methyl sites for hydroxylation is 1. The molecule has 0 aliphatic rings. The molecule has 0 unspecified atom stereocenters. The van der Waals surface area contributed by atoms with E-state index < -0.39 is 16.0 Å². The molecule has 168 valence electrons. The minimum atomic E-state index is -3.94. The predicted octanol–water partition coefficient (Wildman–Crippen LogP) is 5.44. The average Bonchev–Trinajstić information content (AvgIpc) is 3.19. The van der Waals surface area contributed by atoms with Crippen LogP contribution >= 0.6 is 11.8 Å². The summed E-state index contributed by atoms with van der Waals surface area (Å²) in [6.45, 7) is 1.87.